The zero-order chi connectivity index (χ0) is 94.2. The second-order valence-corrected chi connectivity index (χ2v) is 42.5. The van der Waals surface area contributed by atoms with Crippen molar-refractivity contribution in [1.82, 2.24) is 73.0 Å². The first-order chi connectivity index (χ1) is 66.5. The van der Waals surface area contributed by atoms with E-state index < -0.39 is 0 Å². The molecule has 3 fully saturated rings. The minimum atomic E-state index is -0.144. The number of anilines is 6. The van der Waals surface area contributed by atoms with E-state index in [1.54, 1.807) is 56.7 Å². The first-order valence-electron chi connectivity index (χ1n) is 47.3. The number of aliphatic hydroxyl groups is 4. The number of fused-ring (bicyclic) bond motifs is 10. The highest BCUT2D eigenvalue weighted by atomic mass is 32.1. The Balaban J connectivity index is 0.000000115. The summed E-state index contributed by atoms with van der Waals surface area (Å²) in [6, 6.07) is 67.0. The number of aromatic nitrogens is 15. The van der Waals surface area contributed by atoms with Crippen molar-refractivity contribution in [3.05, 3.63) is 269 Å². The summed E-state index contributed by atoms with van der Waals surface area (Å²) in [7, 11) is 0. The van der Waals surface area contributed by atoms with Crippen LogP contribution in [0.2, 0.25) is 0 Å². The summed E-state index contributed by atoms with van der Waals surface area (Å²) >= 11 is 8.89. The summed E-state index contributed by atoms with van der Waals surface area (Å²) in [4.78, 5) is 28.5. The van der Waals surface area contributed by atoms with Crippen molar-refractivity contribution in [1.29, 1.82) is 0 Å². The maximum absolute atomic E-state index is 9.71. The largest absolute Gasteiger partial charge is 0.396 e. The number of nitrogens with one attached hydrogen (secondary N) is 5. The van der Waals surface area contributed by atoms with Crippen LogP contribution in [0.25, 0.3) is 132 Å². The first kappa shape index (κ1) is 96.3. The van der Waals surface area contributed by atoms with Gasteiger partial charge in [0.05, 0.1) is 73.7 Å². The van der Waals surface area contributed by atoms with Crippen molar-refractivity contribution in [3.63, 3.8) is 0 Å². The molecule has 3 aliphatic carbocycles. The normalized spacial score (nSPS) is 16.7. The second kappa shape index (κ2) is 42.0. The Labute approximate surface area is 829 Å². The number of nitrogens with zero attached hydrogens (tertiary/aromatic N) is 15. The summed E-state index contributed by atoms with van der Waals surface area (Å²) in [5.74, 6) is 4.49. The average Bonchev–Trinajstić information content (AvgIpc) is 1.65. The molecule has 1 unspecified atom stereocenters. The van der Waals surface area contributed by atoms with Gasteiger partial charge < -0.3 is 47.0 Å². The zero-order valence-corrected chi connectivity index (χ0v) is 82.6. The van der Waals surface area contributed by atoms with Gasteiger partial charge in [0.1, 0.15) is 51.7 Å². The quantitative estimate of drug-likeness (QED) is 0.0386. The van der Waals surface area contributed by atoms with Gasteiger partial charge in [0.25, 0.3) is 0 Å². The van der Waals surface area contributed by atoms with E-state index in [1.165, 1.54) is 125 Å². The van der Waals surface area contributed by atoms with Crippen molar-refractivity contribution >= 4 is 170 Å². The summed E-state index contributed by atoms with van der Waals surface area (Å²) in [6.07, 6.45) is 21.0. The molecule has 6 aromatic carbocycles. The zero-order valence-electron chi connectivity index (χ0n) is 78.5. The summed E-state index contributed by atoms with van der Waals surface area (Å²) < 4.78 is 16.1. The third-order valence-corrected chi connectivity index (χ3v) is 32.4. The Morgan fingerprint density at radius 1 is 0.324 bits per heavy atom. The monoisotopic (exact) mass is 1940 g/mol. The summed E-state index contributed by atoms with van der Waals surface area (Å²) in [6.45, 7) is 22.3. The molecule has 3 saturated carbocycles. The fourth-order valence-corrected chi connectivity index (χ4v) is 23.6. The minimum Gasteiger partial charge on any atom is -0.396 e. The standard InChI is InChI=1S/C23H20N4S.C22H24N4OS.2C21H22N4OS.C21H24N4OS.2CH4/c1-14-4-7-20-17(10-14)12-21(28-20)19-13-24-23-9-8-22(26-27(19)23)25-18-6-5-15(2)16(3)11-18;1-13-9-15-11-20(28-19(15)10-14(13)2)18-12-23-22-8-7-21(25-26(18)22)24-16-3-5-17(27)6-4-16;1-13-2-7-18-14(10-13)11-19(27-18)17-12-22-21-9-8-20(24-25(17)21)23-15-3-5-16(26)6-4-15;1-13-3-2-4-14-11-18(27-21(13)14)17-12-22-20-10-9-19(24-25(17)20)23-15-5-7-16(26)8-6-15;1-13(12-26)6-7-22-20-4-5-21-23-11-17(25(21)24-20)19-10-16-8-14(2)15(3)9-18(16)27-19;;/h4-13H,1-3H3,(H,25,26);7-12,16-17,27H,3-6H2,1-2H3,(H,24,25);2,7-12,15-16,26H,3-6H2,1H3,(H,23,24);2-4,9-12,15-16,26H,5-8H2,1H3,(H,23,24);4-5,8-11,13,26H,6-7,12H2,1-3H3,(H,22,24);2*1H4. The van der Waals surface area contributed by atoms with Crippen LogP contribution in [0.5, 0.6) is 0 Å². The molecule has 0 aliphatic heterocycles. The number of benzene rings is 6. The fourth-order valence-electron chi connectivity index (χ4n) is 18.2. The summed E-state index contributed by atoms with van der Waals surface area (Å²) in [5.41, 5.74) is 22.0. The van der Waals surface area contributed by atoms with Crippen LogP contribution >= 0.6 is 56.7 Å². The molecule has 29 heteroatoms. The Bertz CT molecular complexity index is 7860. The van der Waals surface area contributed by atoms with Crippen LogP contribution in [0, 0.1) is 68.2 Å². The minimum absolute atomic E-state index is 0. The van der Waals surface area contributed by atoms with E-state index in [1.807, 2.05) is 121 Å². The van der Waals surface area contributed by atoms with E-state index in [9.17, 15) is 15.3 Å². The Kier molecular flexibility index (Phi) is 29.1. The molecule has 714 valence electrons. The highest BCUT2D eigenvalue weighted by molar-refractivity contribution is 7.23. The number of imidazole rings is 5. The lowest BCUT2D eigenvalue weighted by Gasteiger charge is -2.26. The van der Waals surface area contributed by atoms with Gasteiger partial charge in [-0.25, -0.2) is 47.5 Å². The van der Waals surface area contributed by atoms with Gasteiger partial charge in [-0.1, -0.05) is 93.6 Å². The van der Waals surface area contributed by atoms with Crippen LogP contribution in [0.3, 0.4) is 0 Å². The first-order valence-corrected chi connectivity index (χ1v) is 51.4. The molecule has 0 amide bonds. The van der Waals surface area contributed by atoms with Crippen molar-refractivity contribution < 1.29 is 20.4 Å². The summed E-state index contributed by atoms with van der Waals surface area (Å²) in [5, 5.41) is 85.9. The number of aliphatic hydroxyl groups excluding tert-OH is 4. The molecule has 24 rings (SSSR count). The molecule has 9 N–H and O–H groups in total. The van der Waals surface area contributed by atoms with Crippen LogP contribution in [-0.2, 0) is 0 Å². The topological polar surface area (TPSA) is 292 Å². The van der Waals surface area contributed by atoms with E-state index in [0.29, 0.717) is 18.1 Å². The average molecular weight is 1950 g/mol. The lowest BCUT2D eigenvalue weighted by Crippen LogP contribution is -2.28. The van der Waals surface area contributed by atoms with Crippen molar-refractivity contribution in [2.75, 3.05) is 39.7 Å². The van der Waals surface area contributed by atoms with Gasteiger partial charge in [-0.15, -0.1) is 82.2 Å². The second-order valence-electron chi connectivity index (χ2n) is 37.1. The van der Waals surface area contributed by atoms with Crippen LogP contribution in [0.4, 0.5) is 34.8 Å². The van der Waals surface area contributed by atoms with Gasteiger partial charge in [-0.05, 0) is 345 Å². The molecule has 0 radical (unpaired) electrons. The Morgan fingerprint density at radius 2 is 0.662 bits per heavy atom. The van der Waals surface area contributed by atoms with Gasteiger partial charge in [-0.3, -0.25) is 0 Å². The third-order valence-electron chi connectivity index (χ3n) is 26.6. The maximum atomic E-state index is 9.71. The Hall–Kier alpha value is -12.9. The van der Waals surface area contributed by atoms with Crippen LogP contribution in [0.15, 0.2) is 219 Å². The highest BCUT2D eigenvalue weighted by Gasteiger charge is 2.26. The number of hydrogen-bond donors (Lipinski definition) is 9. The van der Waals surface area contributed by atoms with Crippen molar-refractivity contribution in [3.8, 4) is 52.9 Å². The lowest BCUT2D eigenvalue weighted by atomic mass is 9.93. The molecule has 0 spiro atoms. The van der Waals surface area contributed by atoms with Gasteiger partial charge in [0.2, 0.25) is 0 Å². The van der Waals surface area contributed by atoms with E-state index in [0.717, 1.165) is 181 Å². The SMILES string of the molecule is C.C.Cc1cc2cc(-c3cnc4ccc(NC5CCC(O)CC5)nn34)sc2cc1C.Cc1cc2cc(-c3cnc4ccc(NCCC(C)CO)nn34)sc2cc1C.Cc1ccc2sc(-c3cnc4ccc(NC5CCC(O)CC5)nn34)cc2c1.Cc1ccc2sc(-c3cnc4ccc(Nc5ccc(C)c(C)c5)nn34)cc2c1.Cc1cccc2cc(-c3cnc4ccc(NC5CCC(O)CC5)nn34)sc12. The molecular weight excluding hydrogens is 1830 g/mol. The number of aryl methyl sites for hydroxylation is 9. The van der Waals surface area contributed by atoms with E-state index in [4.69, 9.17) is 30.6 Å². The smallest absolute Gasteiger partial charge is 0.154 e. The van der Waals surface area contributed by atoms with Crippen LogP contribution in [0.1, 0.15) is 155 Å². The number of rotatable bonds is 18. The van der Waals surface area contributed by atoms with Gasteiger partial charge in [0, 0.05) is 60.5 Å². The van der Waals surface area contributed by atoms with Gasteiger partial charge in [0.15, 0.2) is 34.1 Å². The van der Waals surface area contributed by atoms with Crippen molar-refractivity contribution in [2.24, 2.45) is 5.92 Å². The van der Waals surface area contributed by atoms with Crippen LogP contribution in [-0.4, -0.2) is 143 Å². The third kappa shape index (κ3) is 21.6. The molecule has 1 atom stereocenters. The fraction of sp³-hybridized carbons (Fsp3) is 0.309. The predicted octanol–water partition coefficient (Wildman–Crippen LogP) is 26.4. The van der Waals surface area contributed by atoms with Gasteiger partial charge in [-0.2, -0.15) is 0 Å². The van der Waals surface area contributed by atoms with Crippen molar-refractivity contribution in [2.45, 2.75) is 204 Å². The predicted molar refractivity (Wildman–Crippen MR) is 580 cm³/mol. The van der Waals surface area contributed by atoms with E-state index in [-0.39, 0.29) is 45.7 Å². The molecule has 0 bridgehead atoms. The molecule has 15 heterocycles. The molecule has 3 aliphatic rings. The maximum Gasteiger partial charge on any atom is 0.154 e. The highest BCUT2D eigenvalue weighted by Crippen LogP contribution is 2.42. The van der Waals surface area contributed by atoms with E-state index in [2.05, 4.69) is 241 Å². The molecular formula is C110H120N20O4S5. The number of thiophene rings is 5. The molecule has 0 saturated heterocycles. The molecule has 24 nitrogen and oxygen atoms in total. The Morgan fingerprint density at radius 3 is 1.05 bits per heavy atom. The lowest BCUT2D eigenvalue weighted by molar-refractivity contribution is 0.125. The molecule has 139 heavy (non-hydrogen) atoms. The van der Waals surface area contributed by atoms with E-state index >= 15 is 0 Å². The molecule has 15 aromatic heterocycles. The molecule has 21 aromatic rings. The number of hydrogen-bond acceptors (Lipinski definition) is 24. The van der Waals surface area contributed by atoms with Crippen LogP contribution < -0.4 is 26.6 Å². The van der Waals surface area contributed by atoms with Gasteiger partial charge >= 0.3 is 0 Å².